The fourth-order valence-electron chi connectivity index (χ4n) is 2.87. The first-order valence-corrected chi connectivity index (χ1v) is 7.47. The van der Waals surface area contributed by atoms with Crippen molar-refractivity contribution in [2.45, 2.75) is 25.3 Å². The zero-order valence-corrected chi connectivity index (χ0v) is 12.5. The van der Waals surface area contributed by atoms with E-state index in [0.29, 0.717) is 10.0 Å². The standard InChI is InChI=1S/C16H16Cl2N2/c17-13-6-7-15(18)14(9-13)16(20-19)12-5-4-10-2-1-3-11(10)8-12/h4-9,16,20H,1-3,19H2. The summed E-state index contributed by atoms with van der Waals surface area (Å²) in [6.45, 7) is 0. The molecule has 0 heterocycles. The molecule has 0 saturated heterocycles. The fraction of sp³-hybridized carbons (Fsp3) is 0.250. The molecule has 2 nitrogen and oxygen atoms in total. The normalized spacial score (nSPS) is 15.2. The van der Waals surface area contributed by atoms with Crippen molar-refractivity contribution >= 4 is 23.2 Å². The number of nitrogens with two attached hydrogens (primary N) is 1. The second-order valence-corrected chi connectivity index (χ2v) is 5.99. The Hall–Kier alpha value is -1.06. The van der Waals surface area contributed by atoms with Gasteiger partial charge < -0.3 is 0 Å². The monoisotopic (exact) mass is 306 g/mol. The summed E-state index contributed by atoms with van der Waals surface area (Å²) in [5, 5.41) is 1.32. The Kier molecular flexibility index (Phi) is 3.99. The van der Waals surface area contributed by atoms with E-state index in [1.807, 2.05) is 6.07 Å². The number of nitrogens with one attached hydrogen (secondary N) is 1. The summed E-state index contributed by atoms with van der Waals surface area (Å²) in [6.07, 6.45) is 3.55. The highest BCUT2D eigenvalue weighted by Crippen LogP contribution is 2.32. The highest BCUT2D eigenvalue weighted by molar-refractivity contribution is 6.33. The SMILES string of the molecule is NNC(c1ccc2c(c1)CCC2)c1cc(Cl)ccc1Cl. The molecule has 0 radical (unpaired) electrons. The van der Waals surface area contributed by atoms with Crippen LogP contribution in [0.1, 0.15) is 34.7 Å². The molecule has 1 atom stereocenters. The second-order valence-electron chi connectivity index (χ2n) is 5.15. The Morgan fingerprint density at radius 2 is 1.80 bits per heavy atom. The van der Waals surface area contributed by atoms with Gasteiger partial charge in [0.2, 0.25) is 0 Å². The van der Waals surface area contributed by atoms with Gasteiger partial charge in [0, 0.05) is 10.0 Å². The molecular weight excluding hydrogens is 291 g/mol. The molecule has 0 amide bonds. The first-order chi connectivity index (χ1) is 9.69. The summed E-state index contributed by atoms with van der Waals surface area (Å²) < 4.78 is 0. The zero-order valence-electron chi connectivity index (χ0n) is 11.0. The maximum absolute atomic E-state index is 6.28. The summed E-state index contributed by atoms with van der Waals surface area (Å²) in [4.78, 5) is 0. The molecule has 0 bridgehead atoms. The van der Waals surface area contributed by atoms with Gasteiger partial charge >= 0.3 is 0 Å². The molecule has 3 rings (SSSR count). The number of hydrogen-bond acceptors (Lipinski definition) is 2. The van der Waals surface area contributed by atoms with E-state index in [1.165, 1.54) is 24.0 Å². The minimum atomic E-state index is -0.146. The zero-order chi connectivity index (χ0) is 14.1. The third kappa shape index (κ3) is 2.57. The Balaban J connectivity index is 2.03. The van der Waals surface area contributed by atoms with Gasteiger partial charge in [-0.1, -0.05) is 41.4 Å². The number of aryl methyl sites for hydroxylation is 2. The van der Waals surface area contributed by atoms with Crippen LogP contribution in [0, 0.1) is 0 Å². The maximum atomic E-state index is 6.28. The topological polar surface area (TPSA) is 38.0 Å². The van der Waals surface area contributed by atoms with Crippen LogP contribution in [0.15, 0.2) is 36.4 Å². The molecule has 0 aromatic heterocycles. The van der Waals surface area contributed by atoms with Crippen molar-refractivity contribution in [1.29, 1.82) is 0 Å². The molecule has 0 aliphatic heterocycles. The predicted octanol–water partition coefficient (Wildman–Crippen LogP) is 4.03. The van der Waals surface area contributed by atoms with Crippen LogP contribution in [-0.4, -0.2) is 0 Å². The minimum absolute atomic E-state index is 0.146. The van der Waals surface area contributed by atoms with Crippen LogP contribution in [0.2, 0.25) is 10.0 Å². The van der Waals surface area contributed by atoms with E-state index in [-0.39, 0.29) is 6.04 Å². The van der Waals surface area contributed by atoms with Crippen molar-refractivity contribution in [3.8, 4) is 0 Å². The van der Waals surface area contributed by atoms with Crippen LogP contribution < -0.4 is 11.3 Å². The average Bonchev–Trinajstić information content (AvgIpc) is 2.91. The van der Waals surface area contributed by atoms with E-state index in [9.17, 15) is 0 Å². The van der Waals surface area contributed by atoms with Crippen molar-refractivity contribution in [1.82, 2.24) is 5.43 Å². The molecule has 104 valence electrons. The van der Waals surface area contributed by atoms with Gasteiger partial charge in [-0.2, -0.15) is 0 Å². The van der Waals surface area contributed by atoms with Crippen LogP contribution in [-0.2, 0) is 12.8 Å². The van der Waals surface area contributed by atoms with Gasteiger partial charge in [0.15, 0.2) is 0 Å². The summed E-state index contributed by atoms with van der Waals surface area (Å²) in [6, 6.07) is 11.8. The molecule has 1 aliphatic rings. The van der Waals surface area contributed by atoms with Crippen molar-refractivity contribution in [2.24, 2.45) is 5.84 Å². The quantitative estimate of drug-likeness (QED) is 0.663. The number of benzene rings is 2. The van der Waals surface area contributed by atoms with Crippen LogP contribution in [0.5, 0.6) is 0 Å². The smallest absolute Gasteiger partial charge is 0.0725 e. The van der Waals surface area contributed by atoms with Gasteiger partial charge in [-0.05, 0) is 59.7 Å². The highest BCUT2D eigenvalue weighted by Gasteiger charge is 2.19. The molecule has 0 spiro atoms. The third-order valence-corrected chi connectivity index (χ3v) is 4.47. The van der Waals surface area contributed by atoms with Crippen molar-refractivity contribution in [3.05, 3.63) is 68.7 Å². The largest absolute Gasteiger partial charge is 0.271 e. The van der Waals surface area contributed by atoms with Crippen LogP contribution in [0.3, 0.4) is 0 Å². The molecule has 4 heteroatoms. The fourth-order valence-corrected chi connectivity index (χ4v) is 3.28. The molecule has 3 N–H and O–H groups in total. The maximum Gasteiger partial charge on any atom is 0.0725 e. The average molecular weight is 307 g/mol. The number of rotatable bonds is 3. The number of hydrogen-bond donors (Lipinski definition) is 2. The Morgan fingerprint density at radius 3 is 2.60 bits per heavy atom. The second kappa shape index (κ2) is 5.74. The molecule has 0 fully saturated rings. The lowest BCUT2D eigenvalue weighted by Gasteiger charge is -2.19. The lowest BCUT2D eigenvalue weighted by Crippen LogP contribution is -2.29. The van der Waals surface area contributed by atoms with E-state index in [1.54, 1.807) is 12.1 Å². The Morgan fingerprint density at radius 1 is 1.00 bits per heavy atom. The van der Waals surface area contributed by atoms with Gasteiger partial charge in [-0.25, -0.2) is 5.43 Å². The van der Waals surface area contributed by atoms with E-state index < -0.39 is 0 Å². The van der Waals surface area contributed by atoms with Crippen molar-refractivity contribution in [2.75, 3.05) is 0 Å². The van der Waals surface area contributed by atoms with E-state index in [4.69, 9.17) is 29.0 Å². The number of fused-ring (bicyclic) bond motifs is 1. The van der Waals surface area contributed by atoms with Gasteiger partial charge in [0.1, 0.15) is 0 Å². The molecular formula is C16H16Cl2N2. The van der Waals surface area contributed by atoms with Crippen molar-refractivity contribution < 1.29 is 0 Å². The molecule has 2 aromatic rings. The molecule has 1 unspecified atom stereocenters. The van der Waals surface area contributed by atoms with Gasteiger partial charge in [0.05, 0.1) is 6.04 Å². The highest BCUT2D eigenvalue weighted by atomic mass is 35.5. The first-order valence-electron chi connectivity index (χ1n) is 6.72. The van der Waals surface area contributed by atoms with Gasteiger partial charge in [-0.3, -0.25) is 5.84 Å². The summed E-state index contributed by atoms with van der Waals surface area (Å²) in [7, 11) is 0. The molecule has 0 saturated carbocycles. The lowest BCUT2D eigenvalue weighted by molar-refractivity contribution is 0.636. The van der Waals surface area contributed by atoms with Gasteiger partial charge in [-0.15, -0.1) is 0 Å². The Labute approximate surface area is 128 Å². The first kappa shape index (κ1) is 13.9. The molecule has 1 aliphatic carbocycles. The lowest BCUT2D eigenvalue weighted by atomic mass is 9.96. The number of halogens is 2. The summed E-state index contributed by atoms with van der Waals surface area (Å²) >= 11 is 12.4. The van der Waals surface area contributed by atoms with E-state index in [2.05, 4.69) is 23.6 Å². The Bertz CT molecular complexity index is 640. The number of hydrazine groups is 1. The van der Waals surface area contributed by atoms with E-state index in [0.717, 1.165) is 17.5 Å². The van der Waals surface area contributed by atoms with Crippen molar-refractivity contribution in [3.63, 3.8) is 0 Å². The third-order valence-electron chi connectivity index (χ3n) is 3.89. The molecule has 20 heavy (non-hydrogen) atoms. The van der Waals surface area contributed by atoms with Crippen LogP contribution in [0.4, 0.5) is 0 Å². The molecule has 2 aromatic carbocycles. The van der Waals surface area contributed by atoms with E-state index >= 15 is 0 Å². The van der Waals surface area contributed by atoms with Crippen LogP contribution >= 0.6 is 23.2 Å². The summed E-state index contributed by atoms with van der Waals surface area (Å²) in [5.41, 5.74) is 7.74. The van der Waals surface area contributed by atoms with Crippen LogP contribution in [0.25, 0.3) is 0 Å². The summed E-state index contributed by atoms with van der Waals surface area (Å²) in [5.74, 6) is 5.75. The predicted molar refractivity (Wildman–Crippen MR) is 84.1 cm³/mol. The van der Waals surface area contributed by atoms with Gasteiger partial charge in [0.25, 0.3) is 0 Å². The minimum Gasteiger partial charge on any atom is -0.271 e.